The van der Waals surface area contributed by atoms with Crippen molar-refractivity contribution in [1.82, 2.24) is 21.3 Å². The molecule has 0 spiro atoms. The molecule has 0 heterocycles. The van der Waals surface area contributed by atoms with E-state index in [0.29, 0.717) is 0 Å². The van der Waals surface area contributed by atoms with Gasteiger partial charge in [-0.05, 0) is 81.8 Å². The van der Waals surface area contributed by atoms with Gasteiger partial charge >= 0.3 is 0 Å². The monoisotopic (exact) mass is 892 g/mol. The molecule has 4 unspecified atom stereocenters. The maximum atomic E-state index is 13.7. The van der Waals surface area contributed by atoms with E-state index in [1.165, 1.54) is 48.5 Å². The van der Waals surface area contributed by atoms with Crippen molar-refractivity contribution in [1.29, 1.82) is 0 Å². The fourth-order valence-electron chi connectivity index (χ4n) is 7.46. The highest BCUT2D eigenvalue weighted by Gasteiger charge is 2.37. The van der Waals surface area contributed by atoms with Crippen LogP contribution in [0, 0.1) is 41.5 Å². The Hall–Kier alpha value is -5.10. The average Bonchev–Trinajstić information content (AvgIpc) is 3.21. The zero-order valence-electron chi connectivity index (χ0n) is 37.2. The van der Waals surface area contributed by atoms with Crippen LogP contribution in [-0.4, -0.2) is 177 Å². The molecule has 21 heteroatoms. The van der Waals surface area contributed by atoms with E-state index < -0.39 is 105 Å². The number of benzene rings is 2. The summed E-state index contributed by atoms with van der Waals surface area (Å²) in [5, 5.41) is 99.3. The molecule has 13 N–H and O–H groups in total. The summed E-state index contributed by atoms with van der Waals surface area (Å²) in [5.41, 5.74) is -1.47. The van der Waals surface area contributed by atoms with E-state index in [1.54, 1.807) is 0 Å². The summed E-state index contributed by atoms with van der Waals surface area (Å²) < 4.78 is 0. The number of amides is 6. The molecule has 2 rings (SSSR count). The molecule has 6 amide bonds. The van der Waals surface area contributed by atoms with Gasteiger partial charge in [0.15, 0.2) is 0 Å². The first-order valence-corrected chi connectivity index (χ1v) is 20.2. The second-order valence-corrected chi connectivity index (χ2v) is 15.8. The maximum Gasteiger partial charge on any atom is 0.252 e. The minimum atomic E-state index is -2.06. The quantitative estimate of drug-likeness (QED) is 0.0561. The highest BCUT2D eigenvalue weighted by atomic mass is 16.3. The molecule has 0 radical (unpaired) electrons. The van der Waals surface area contributed by atoms with E-state index in [9.17, 15) is 74.7 Å². The van der Waals surface area contributed by atoms with Crippen LogP contribution < -0.4 is 31.1 Å². The third-order valence-corrected chi connectivity index (χ3v) is 10.5. The number of rotatable bonds is 22. The Morgan fingerprint density at radius 3 is 0.841 bits per heavy atom. The largest absolute Gasteiger partial charge is 0.394 e. The molecular weight excluding hydrogens is 828 g/mol. The SMILES string of the molecule is CC(=O)N(CC(C)(O)CN(C(C)=O)c1c(C)c(C(=O)NCC(O)CO)c(C)c(C(=O)NCC(O)CO)c1C)c1c(C)c(C(=O)NCC(O)CO)c(C)c(C(=O)NCC(O)CO)c1C. The lowest BCUT2D eigenvalue weighted by atomic mass is 9.88. The Balaban J connectivity index is 2.91. The summed E-state index contributed by atoms with van der Waals surface area (Å²) in [6.07, 6.45) is -5.31. The van der Waals surface area contributed by atoms with Crippen molar-refractivity contribution < 1.29 is 74.7 Å². The van der Waals surface area contributed by atoms with Crippen molar-refractivity contribution in [2.24, 2.45) is 0 Å². The van der Waals surface area contributed by atoms with Gasteiger partial charge in [0.25, 0.3) is 23.6 Å². The molecule has 2 aromatic carbocycles. The Labute approximate surface area is 365 Å². The Morgan fingerprint density at radius 2 is 0.667 bits per heavy atom. The third-order valence-electron chi connectivity index (χ3n) is 10.5. The second kappa shape index (κ2) is 23.5. The zero-order valence-corrected chi connectivity index (χ0v) is 37.2. The van der Waals surface area contributed by atoms with Crippen molar-refractivity contribution in [2.75, 3.05) is 75.5 Å². The predicted octanol–water partition coefficient (Wildman–Crippen LogP) is -2.97. The van der Waals surface area contributed by atoms with Crippen LogP contribution in [0.15, 0.2) is 0 Å². The molecule has 0 aliphatic carbocycles. The van der Waals surface area contributed by atoms with Crippen LogP contribution in [0.4, 0.5) is 11.4 Å². The normalized spacial score (nSPS) is 14.1. The van der Waals surface area contributed by atoms with Gasteiger partial charge in [0.05, 0.1) is 80.9 Å². The van der Waals surface area contributed by atoms with Gasteiger partial charge in [0, 0.05) is 62.3 Å². The molecule has 4 atom stereocenters. The number of nitrogens with zero attached hydrogens (tertiary/aromatic N) is 2. The van der Waals surface area contributed by atoms with Crippen molar-refractivity contribution in [3.63, 3.8) is 0 Å². The number of carbonyl (C=O) groups excluding carboxylic acids is 6. The molecule has 2 aromatic rings. The minimum absolute atomic E-state index is 0.0132. The van der Waals surface area contributed by atoms with Gasteiger partial charge in [0.1, 0.15) is 0 Å². The highest BCUT2D eigenvalue weighted by molar-refractivity contribution is 6.09. The summed E-state index contributed by atoms with van der Waals surface area (Å²) in [4.78, 5) is 84.4. The summed E-state index contributed by atoms with van der Waals surface area (Å²) >= 11 is 0. The molecule has 0 saturated carbocycles. The topological polar surface area (TPSA) is 339 Å². The lowest BCUT2D eigenvalue weighted by Gasteiger charge is -2.38. The number of nitrogens with one attached hydrogen (secondary N) is 4. The first kappa shape index (κ1) is 54.0. The highest BCUT2D eigenvalue weighted by Crippen LogP contribution is 2.38. The molecule has 0 fully saturated rings. The summed E-state index contributed by atoms with van der Waals surface area (Å²) in [6, 6.07) is 0. The summed E-state index contributed by atoms with van der Waals surface area (Å²) in [7, 11) is 0. The van der Waals surface area contributed by atoms with E-state index in [0.717, 1.165) is 23.6 Å². The Bertz CT molecular complexity index is 1780. The van der Waals surface area contributed by atoms with Crippen LogP contribution in [0.1, 0.15) is 95.6 Å². The van der Waals surface area contributed by atoms with Crippen molar-refractivity contribution in [3.8, 4) is 0 Å². The van der Waals surface area contributed by atoms with Crippen LogP contribution in [0.5, 0.6) is 0 Å². The van der Waals surface area contributed by atoms with E-state index >= 15 is 0 Å². The van der Waals surface area contributed by atoms with Crippen LogP contribution in [0.3, 0.4) is 0 Å². The fourth-order valence-corrected chi connectivity index (χ4v) is 7.46. The van der Waals surface area contributed by atoms with Gasteiger partial charge in [-0.1, -0.05) is 0 Å². The van der Waals surface area contributed by atoms with Crippen molar-refractivity contribution >= 4 is 46.8 Å². The van der Waals surface area contributed by atoms with E-state index in [2.05, 4.69) is 21.3 Å². The zero-order chi connectivity index (χ0) is 48.3. The van der Waals surface area contributed by atoms with E-state index in [1.807, 2.05) is 0 Å². The minimum Gasteiger partial charge on any atom is -0.394 e. The second-order valence-electron chi connectivity index (χ2n) is 15.8. The first-order valence-electron chi connectivity index (χ1n) is 20.2. The predicted molar refractivity (Wildman–Crippen MR) is 230 cm³/mol. The number of aliphatic hydroxyl groups is 9. The Morgan fingerprint density at radius 1 is 0.460 bits per heavy atom. The van der Waals surface area contributed by atoms with Gasteiger partial charge in [-0.25, -0.2) is 0 Å². The molecule has 0 aliphatic heterocycles. The average molecular weight is 893 g/mol. The molecular formula is C42H64N6O15. The number of hydrogen-bond acceptors (Lipinski definition) is 15. The molecule has 21 nitrogen and oxygen atoms in total. The molecule has 0 saturated heterocycles. The van der Waals surface area contributed by atoms with Crippen molar-refractivity contribution in [2.45, 2.75) is 92.3 Å². The summed E-state index contributed by atoms with van der Waals surface area (Å²) in [5.74, 6) is -4.52. The van der Waals surface area contributed by atoms with Crippen LogP contribution in [0.25, 0.3) is 0 Å². The smallest absolute Gasteiger partial charge is 0.252 e. The van der Waals surface area contributed by atoms with Crippen LogP contribution in [-0.2, 0) is 9.59 Å². The summed E-state index contributed by atoms with van der Waals surface area (Å²) in [6.45, 7) is 7.16. The molecule has 0 bridgehead atoms. The lowest BCUT2D eigenvalue weighted by Crippen LogP contribution is -2.52. The van der Waals surface area contributed by atoms with Gasteiger partial charge in [0.2, 0.25) is 11.8 Å². The van der Waals surface area contributed by atoms with E-state index in [-0.39, 0.29) is 93.2 Å². The molecule has 0 aromatic heterocycles. The lowest BCUT2D eigenvalue weighted by molar-refractivity contribution is -0.117. The van der Waals surface area contributed by atoms with Crippen LogP contribution >= 0.6 is 0 Å². The van der Waals surface area contributed by atoms with Gasteiger partial charge in [-0.2, -0.15) is 0 Å². The van der Waals surface area contributed by atoms with Gasteiger partial charge in [-0.15, -0.1) is 0 Å². The first-order chi connectivity index (χ1) is 29.3. The molecule has 0 aliphatic rings. The fraction of sp³-hybridized carbons (Fsp3) is 0.571. The molecule has 352 valence electrons. The van der Waals surface area contributed by atoms with Crippen molar-refractivity contribution in [3.05, 3.63) is 55.6 Å². The van der Waals surface area contributed by atoms with Gasteiger partial charge in [-0.3, -0.25) is 28.8 Å². The van der Waals surface area contributed by atoms with E-state index in [4.69, 9.17) is 0 Å². The number of anilines is 2. The maximum absolute atomic E-state index is 13.7. The third kappa shape index (κ3) is 13.5. The standard InChI is InChI=1S/C42H64N6O15/c1-20-32(38(59)43-10-28(55)14-49)22(3)36(23(4)33(20)39(60)44-11-29(56)15-50)47(26(7)53)18-42(9,63)19-48(27(8)54)37-24(5)34(40(61)45-12-30(57)16-51)21(2)35(25(37)6)41(62)46-13-31(58)17-52/h28-31,49-52,55-58,63H,10-19H2,1-9H3,(H,43,59)(H,44,60)(H,45,61)(H,46,62). The Kier molecular flexibility index (Phi) is 20.2. The number of hydrogen-bond donors (Lipinski definition) is 13. The number of carbonyl (C=O) groups is 6. The van der Waals surface area contributed by atoms with Crippen LogP contribution in [0.2, 0.25) is 0 Å². The van der Waals surface area contributed by atoms with Gasteiger partial charge < -0.3 is 77.0 Å². The molecule has 63 heavy (non-hydrogen) atoms. The number of aliphatic hydroxyl groups excluding tert-OH is 8.